The van der Waals surface area contributed by atoms with E-state index >= 15 is 0 Å². The van der Waals surface area contributed by atoms with E-state index in [0.717, 1.165) is 36.4 Å². The van der Waals surface area contributed by atoms with E-state index in [1.54, 1.807) is 0 Å². The van der Waals surface area contributed by atoms with Crippen LogP contribution in [0.5, 0.6) is 5.75 Å². The number of anilines is 1. The van der Waals surface area contributed by atoms with Crippen LogP contribution in [0.3, 0.4) is 0 Å². The molecule has 0 aliphatic heterocycles. The molecule has 0 amide bonds. The number of hydrogen-bond acceptors (Lipinski definition) is 5. The summed E-state index contributed by atoms with van der Waals surface area (Å²) >= 11 is 3.07. The fourth-order valence-corrected chi connectivity index (χ4v) is 3.44. The van der Waals surface area contributed by atoms with Crippen LogP contribution in [0, 0.1) is 15.9 Å². The Hall–Kier alpha value is -2.20. The number of hydrogen-bond donors (Lipinski definition) is 1. The zero-order valence-corrected chi connectivity index (χ0v) is 14.0. The first kappa shape index (κ1) is 17.2. The van der Waals surface area contributed by atoms with Crippen molar-refractivity contribution in [2.24, 2.45) is 0 Å². The molecule has 2 rings (SSSR count). The predicted octanol–water partition coefficient (Wildman–Crippen LogP) is 3.31. The summed E-state index contributed by atoms with van der Waals surface area (Å²) in [7, 11) is -2.75. The van der Waals surface area contributed by atoms with Crippen LogP contribution in [0.4, 0.5) is 15.8 Å². The molecule has 7 nitrogen and oxygen atoms in total. The van der Waals surface area contributed by atoms with E-state index in [-0.39, 0.29) is 26.5 Å². The Morgan fingerprint density at radius 3 is 2.39 bits per heavy atom. The summed E-state index contributed by atoms with van der Waals surface area (Å²) in [5.74, 6) is -0.559. The van der Waals surface area contributed by atoms with Crippen molar-refractivity contribution < 1.29 is 22.5 Å². The van der Waals surface area contributed by atoms with E-state index in [1.165, 1.54) is 7.11 Å². The second-order valence-electron chi connectivity index (χ2n) is 4.32. The summed E-state index contributed by atoms with van der Waals surface area (Å²) in [6, 6.07) is 6.39. The lowest BCUT2D eigenvalue weighted by Crippen LogP contribution is -2.14. The summed E-state index contributed by atoms with van der Waals surface area (Å²) < 4.78 is 45.5. The molecule has 0 unspecified atom stereocenters. The average Bonchev–Trinajstić information content (AvgIpc) is 2.46. The molecule has 0 spiro atoms. The van der Waals surface area contributed by atoms with Gasteiger partial charge in [-0.05, 0) is 34.1 Å². The molecule has 0 aliphatic rings. The van der Waals surface area contributed by atoms with Gasteiger partial charge in [0.25, 0.3) is 15.7 Å². The number of ether oxygens (including phenoxy) is 1. The van der Waals surface area contributed by atoms with E-state index in [2.05, 4.69) is 20.7 Å². The number of halogens is 2. The van der Waals surface area contributed by atoms with Gasteiger partial charge in [0.15, 0.2) is 5.75 Å². The van der Waals surface area contributed by atoms with E-state index in [0.29, 0.717) is 0 Å². The third-order valence-corrected chi connectivity index (χ3v) is 4.79. The molecular formula is C13H10BrFN2O5S. The summed E-state index contributed by atoms with van der Waals surface area (Å²) in [6.45, 7) is 0. The lowest BCUT2D eigenvalue weighted by Gasteiger charge is -2.13. The Labute approximate surface area is 139 Å². The van der Waals surface area contributed by atoms with Crippen LogP contribution in [0.25, 0.3) is 0 Å². The molecule has 0 aromatic heterocycles. The van der Waals surface area contributed by atoms with Gasteiger partial charge in [-0.25, -0.2) is 12.8 Å². The fourth-order valence-electron chi connectivity index (χ4n) is 1.79. The van der Waals surface area contributed by atoms with Crippen LogP contribution < -0.4 is 9.46 Å². The van der Waals surface area contributed by atoms with E-state index in [1.807, 2.05) is 0 Å². The fraction of sp³-hybridized carbons (Fsp3) is 0.0769. The molecule has 0 saturated heterocycles. The van der Waals surface area contributed by atoms with Crippen molar-refractivity contribution in [2.45, 2.75) is 4.90 Å². The van der Waals surface area contributed by atoms with Crippen LogP contribution in [0.15, 0.2) is 45.8 Å². The molecule has 2 aromatic rings. The standard InChI is InChI=1S/C13H10BrFN2O5S/c1-22-13-11(14)6-8(15)7-12(13)16-23(20,21)10-4-2-9(3-5-10)17(18)19/h2-7,16H,1H3. The van der Waals surface area contributed by atoms with Crippen LogP contribution in [-0.4, -0.2) is 20.5 Å². The van der Waals surface area contributed by atoms with Gasteiger partial charge >= 0.3 is 0 Å². The van der Waals surface area contributed by atoms with Gasteiger partial charge < -0.3 is 4.74 Å². The van der Waals surface area contributed by atoms with Crippen molar-refractivity contribution in [3.05, 3.63) is 56.8 Å². The SMILES string of the molecule is COc1c(Br)cc(F)cc1NS(=O)(=O)c1ccc([N+](=O)[O-])cc1. The monoisotopic (exact) mass is 404 g/mol. The predicted molar refractivity (Wildman–Crippen MR) is 84.6 cm³/mol. The van der Waals surface area contributed by atoms with Gasteiger partial charge in [-0.3, -0.25) is 14.8 Å². The minimum Gasteiger partial charge on any atom is -0.493 e. The minimum atomic E-state index is -4.06. The maximum atomic E-state index is 13.5. The molecular weight excluding hydrogens is 395 g/mol. The largest absolute Gasteiger partial charge is 0.493 e. The molecule has 23 heavy (non-hydrogen) atoms. The lowest BCUT2D eigenvalue weighted by atomic mass is 10.3. The molecule has 0 aliphatic carbocycles. The second-order valence-corrected chi connectivity index (χ2v) is 6.86. The van der Waals surface area contributed by atoms with Crippen molar-refractivity contribution in [3.8, 4) is 5.75 Å². The van der Waals surface area contributed by atoms with Gasteiger partial charge in [0.05, 0.1) is 27.1 Å². The molecule has 0 saturated carbocycles. The number of rotatable bonds is 5. The van der Waals surface area contributed by atoms with Crippen molar-refractivity contribution in [3.63, 3.8) is 0 Å². The van der Waals surface area contributed by atoms with Crippen LogP contribution in [-0.2, 0) is 10.0 Å². The number of benzene rings is 2. The molecule has 10 heteroatoms. The molecule has 0 atom stereocenters. The maximum Gasteiger partial charge on any atom is 0.269 e. The number of nitrogens with zero attached hydrogens (tertiary/aromatic N) is 1. The summed E-state index contributed by atoms with van der Waals surface area (Å²) in [4.78, 5) is 9.74. The zero-order chi connectivity index (χ0) is 17.2. The summed E-state index contributed by atoms with van der Waals surface area (Å²) in [6.07, 6.45) is 0. The van der Waals surface area contributed by atoms with Crippen LogP contribution in [0.2, 0.25) is 0 Å². The molecule has 122 valence electrons. The third kappa shape index (κ3) is 3.77. The van der Waals surface area contributed by atoms with E-state index in [9.17, 15) is 22.9 Å². The first-order chi connectivity index (χ1) is 10.7. The summed E-state index contributed by atoms with van der Waals surface area (Å²) in [5.41, 5.74) is -0.340. The van der Waals surface area contributed by atoms with Gasteiger partial charge in [0, 0.05) is 18.2 Å². The number of methoxy groups -OCH3 is 1. The smallest absolute Gasteiger partial charge is 0.269 e. The lowest BCUT2D eigenvalue weighted by molar-refractivity contribution is -0.384. The van der Waals surface area contributed by atoms with Crippen molar-refractivity contribution in [2.75, 3.05) is 11.8 Å². The first-order valence-electron chi connectivity index (χ1n) is 6.05. The quantitative estimate of drug-likeness (QED) is 0.608. The van der Waals surface area contributed by atoms with Crippen molar-refractivity contribution >= 4 is 37.3 Å². The molecule has 0 fully saturated rings. The second kappa shape index (κ2) is 6.50. The highest BCUT2D eigenvalue weighted by Gasteiger charge is 2.20. The topological polar surface area (TPSA) is 98.5 Å². The van der Waals surface area contributed by atoms with E-state index in [4.69, 9.17) is 4.74 Å². The highest BCUT2D eigenvalue weighted by molar-refractivity contribution is 9.10. The summed E-state index contributed by atoms with van der Waals surface area (Å²) in [5, 5.41) is 10.6. The Morgan fingerprint density at radius 2 is 1.87 bits per heavy atom. The van der Waals surface area contributed by atoms with Gasteiger partial charge in [-0.2, -0.15) is 0 Å². The normalized spacial score (nSPS) is 11.1. The Balaban J connectivity index is 2.40. The number of non-ortho nitro benzene ring substituents is 1. The number of nitrogens with one attached hydrogen (secondary N) is 1. The van der Waals surface area contributed by atoms with Gasteiger partial charge in [-0.15, -0.1) is 0 Å². The van der Waals surface area contributed by atoms with Crippen molar-refractivity contribution in [1.82, 2.24) is 0 Å². The number of nitro benzene ring substituents is 1. The van der Waals surface area contributed by atoms with Crippen LogP contribution in [0.1, 0.15) is 0 Å². The Bertz CT molecular complexity index is 855. The molecule has 1 N–H and O–H groups in total. The Kier molecular flexibility index (Phi) is 4.85. The maximum absolute atomic E-state index is 13.5. The van der Waals surface area contributed by atoms with Crippen LogP contribution >= 0.6 is 15.9 Å². The number of sulfonamides is 1. The van der Waals surface area contributed by atoms with Crippen molar-refractivity contribution in [1.29, 1.82) is 0 Å². The van der Waals surface area contributed by atoms with Gasteiger partial charge in [0.2, 0.25) is 0 Å². The molecule has 0 radical (unpaired) electrons. The number of nitro groups is 1. The van der Waals surface area contributed by atoms with E-state index < -0.39 is 20.8 Å². The van der Waals surface area contributed by atoms with Gasteiger partial charge in [-0.1, -0.05) is 0 Å². The minimum absolute atomic E-state index is 0.0993. The average molecular weight is 405 g/mol. The highest BCUT2D eigenvalue weighted by Crippen LogP contribution is 2.35. The third-order valence-electron chi connectivity index (χ3n) is 2.81. The first-order valence-corrected chi connectivity index (χ1v) is 8.32. The zero-order valence-electron chi connectivity index (χ0n) is 11.6. The molecule has 0 heterocycles. The highest BCUT2D eigenvalue weighted by atomic mass is 79.9. The van der Waals surface area contributed by atoms with Gasteiger partial charge in [0.1, 0.15) is 5.82 Å². The Morgan fingerprint density at radius 1 is 1.26 bits per heavy atom. The molecule has 2 aromatic carbocycles. The molecule has 0 bridgehead atoms.